The maximum Gasteiger partial charge on any atom is 0.413 e. The van der Waals surface area contributed by atoms with Crippen LogP contribution in [0.1, 0.15) is 39.5 Å². The lowest BCUT2D eigenvalue weighted by Crippen LogP contribution is -2.24. The van der Waals surface area contributed by atoms with Gasteiger partial charge in [0, 0.05) is 18.5 Å². The predicted octanol–water partition coefficient (Wildman–Crippen LogP) is 4.13. The summed E-state index contributed by atoms with van der Waals surface area (Å²) in [6.07, 6.45) is -4.43. The van der Waals surface area contributed by atoms with Gasteiger partial charge in [-0.15, -0.1) is 0 Å². The minimum Gasteiger partial charge on any atom is -0.365 e. The van der Waals surface area contributed by atoms with Gasteiger partial charge in [-0.3, -0.25) is 4.79 Å². The fraction of sp³-hybridized carbons (Fsp3) is 0.286. The van der Waals surface area contributed by atoms with E-state index in [9.17, 15) is 22.4 Å². The Morgan fingerprint density at radius 2 is 1.93 bits per heavy atom. The number of carbonyl (C=O) groups excluding carboxylic acids is 1. The lowest BCUT2D eigenvalue weighted by Gasteiger charge is -2.22. The van der Waals surface area contributed by atoms with E-state index in [1.165, 1.54) is 6.92 Å². The lowest BCUT2D eigenvalue weighted by atomic mass is 9.85. The highest BCUT2D eigenvalue weighted by Crippen LogP contribution is 2.47. The molecule has 0 radical (unpaired) electrons. The minimum absolute atomic E-state index is 0.0199. The molecule has 0 saturated heterocycles. The van der Waals surface area contributed by atoms with Crippen LogP contribution in [0.4, 0.5) is 17.6 Å². The van der Waals surface area contributed by atoms with Crippen molar-refractivity contribution >= 4 is 11.5 Å². The van der Waals surface area contributed by atoms with Crippen LogP contribution in [0.25, 0.3) is 16.7 Å². The molecule has 3 nitrogen and oxygen atoms in total. The Hall–Kier alpha value is -2.67. The smallest absolute Gasteiger partial charge is 0.365 e. The number of nitrogens with one attached hydrogen (secondary N) is 1. The molecule has 2 aromatic carbocycles. The standard InChI is InChI=1S/C21H18F4N2O/c1-10-16(21(23,24)25)7-15-18(10)14(8-17(22)19(15)20(26)28)13-4-2-3-11-9-27-6-5-12(11)13/h2-4,8,27H,5-7,9H2,1H3,(H2,26,28). The van der Waals surface area contributed by atoms with E-state index in [1.807, 2.05) is 12.1 Å². The highest BCUT2D eigenvalue weighted by atomic mass is 19.4. The second kappa shape index (κ2) is 6.44. The quantitative estimate of drug-likeness (QED) is 0.758. The fourth-order valence-corrected chi connectivity index (χ4v) is 4.34. The average Bonchev–Trinajstić information content (AvgIpc) is 2.97. The Bertz CT molecular complexity index is 1040. The summed E-state index contributed by atoms with van der Waals surface area (Å²) in [6.45, 7) is 2.75. The van der Waals surface area contributed by atoms with Crippen LogP contribution in [0, 0.1) is 5.82 Å². The number of primary amides is 1. The third kappa shape index (κ3) is 2.81. The first kappa shape index (κ1) is 18.7. The molecule has 1 heterocycles. The number of carbonyl (C=O) groups is 1. The van der Waals surface area contributed by atoms with Gasteiger partial charge in [-0.1, -0.05) is 18.2 Å². The third-order valence-corrected chi connectivity index (χ3v) is 5.58. The number of amides is 1. The number of halogens is 4. The van der Waals surface area contributed by atoms with Crippen molar-refractivity contribution in [3.05, 3.63) is 63.5 Å². The molecule has 0 atom stereocenters. The molecule has 2 aliphatic rings. The molecule has 7 heteroatoms. The fourth-order valence-electron chi connectivity index (χ4n) is 4.34. The first-order valence-electron chi connectivity index (χ1n) is 8.94. The summed E-state index contributed by atoms with van der Waals surface area (Å²) in [4.78, 5) is 11.8. The van der Waals surface area contributed by atoms with Gasteiger partial charge in [0.15, 0.2) is 0 Å². The predicted molar refractivity (Wildman–Crippen MR) is 98.1 cm³/mol. The third-order valence-electron chi connectivity index (χ3n) is 5.58. The van der Waals surface area contributed by atoms with Crippen LogP contribution in [0.15, 0.2) is 29.8 Å². The topological polar surface area (TPSA) is 55.1 Å². The maximum absolute atomic E-state index is 14.8. The molecular weight excluding hydrogens is 372 g/mol. The number of benzene rings is 2. The van der Waals surface area contributed by atoms with Crippen molar-refractivity contribution in [3.8, 4) is 11.1 Å². The van der Waals surface area contributed by atoms with E-state index in [-0.39, 0.29) is 16.7 Å². The van der Waals surface area contributed by atoms with Gasteiger partial charge in [-0.25, -0.2) is 4.39 Å². The molecule has 2 aromatic rings. The van der Waals surface area contributed by atoms with E-state index >= 15 is 0 Å². The zero-order valence-electron chi connectivity index (χ0n) is 15.1. The molecule has 1 aliphatic carbocycles. The van der Waals surface area contributed by atoms with Crippen molar-refractivity contribution in [2.45, 2.75) is 32.5 Å². The molecule has 0 spiro atoms. The van der Waals surface area contributed by atoms with Crippen molar-refractivity contribution < 1.29 is 22.4 Å². The highest BCUT2D eigenvalue weighted by Gasteiger charge is 2.42. The number of fused-ring (bicyclic) bond motifs is 2. The van der Waals surface area contributed by atoms with Crippen molar-refractivity contribution in [1.29, 1.82) is 0 Å². The van der Waals surface area contributed by atoms with Crippen LogP contribution in [-0.4, -0.2) is 18.6 Å². The minimum atomic E-state index is -4.56. The van der Waals surface area contributed by atoms with Crippen LogP contribution in [0.5, 0.6) is 0 Å². The van der Waals surface area contributed by atoms with Crippen LogP contribution < -0.4 is 11.1 Å². The molecule has 0 saturated carbocycles. The number of hydrogen-bond acceptors (Lipinski definition) is 2. The zero-order chi connectivity index (χ0) is 20.2. The largest absolute Gasteiger partial charge is 0.413 e. The number of nitrogens with two attached hydrogens (primary N) is 1. The molecule has 0 bridgehead atoms. The Morgan fingerprint density at radius 3 is 2.61 bits per heavy atom. The van der Waals surface area contributed by atoms with Crippen LogP contribution in [0.3, 0.4) is 0 Å². The summed E-state index contributed by atoms with van der Waals surface area (Å²) in [7, 11) is 0. The van der Waals surface area contributed by atoms with Crippen molar-refractivity contribution in [1.82, 2.24) is 5.32 Å². The monoisotopic (exact) mass is 390 g/mol. The summed E-state index contributed by atoms with van der Waals surface area (Å²) in [5, 5.41) is 3.25. The summed E-state index contributed by atoms with van der Waals surface area (Å²) in [6, 6.07) is 6.71. The molecule has 4 rings (SSSR count). The Balaban J connectivity index is 2.04. The van der Waals surface area contributed by atoms with Gasteiger partial charge in [0.05, 0.1) is 5.56 Å². The summed E-state index contributed by atoms with van der Waals surface area (Å²) < 4.78 is 55.4. The van der Waals surface area contributed by atoms with Crippen molar-refractivity contribution in [3.63, 3.8) is 0 Å². The van der Waals surface area contributed by atoms with E-state index in [0.717, 1.165) is 23.7 Å². The Morgan fingerprint density at radius 1 is 1.18 bits per heavy atom. The second-order valence-electron chi connectivity index (χ2n) is 7.15. The number of rotatable bonds is 2. The van der Waals surface area contributed by atoms with Gasteiger partial charge < -0.3 is 11.1 Å². The number of alkyl halides is 3. The second-order valence-corrected chi connectivity index (χ2v) is 7.15. The molecule has 1 aliphatic heterocycles. The van der Waals surface area contributed by atoms with Gasteiger partial charge in [-0.2, -0.15) is 13.2 Å². The number of hydrogen-bond donors (Lipinski definition) is 2. The molecule has 146 valence electrons. The molecule has 0 aromatic heterocycles. The molecule has 0 fully saturated rings. The molecule has 1 amide bonds. The van der Waals surface area contributed by atoms with Crippen molar-refractivity contribution in [2.75, 3.05) is 6.54 Å². The summed E-state index contributed by atoms with van der Waals surface area (Å²) in [5.41, 5.74) is 7.51. The zero-order valence-corrected chi connectivity index (χ0v) is 15.1. The molecule has 0 unspecified atom stereocenters. The maximum atomic E-state index is 14.8. The van der Waals surface area contributed by atoms with Crippen LogP contribution in [-0.2, 0) is 19.4 Å². The Labute approximate surface area is 159 Å². The van der Waals surface area contributed by atoms with E-state index in [1.54, 1.807) is 6.07 Å². The number of allylic oxidation sites excluding steroid dienone is 2. The molecular formula is C21H18F4N2O. The van der Waals surface area contributed by atoms with Gasteiger partial charge in [0.1, 0.15) is 5.82 Å². The highest BCUT2D eigenvalue weighted by molar-refractivity contribution is 6.00. The van der Waals surface area contributed by atoms with Crippen molar-refractivity contribution in [2.24, 2.45) is 5.73 Å². The summed E-state index contributed by atoms with van der Waals surface area (Å²) >= 11 is 0. The van der Waals surface area contributed by atoms with Gasteiger partial charge in [0.25, 0.3) is 5.91 Å². The molecule has 28 heavy (non-hydrogen) atoms. The van der Waals surface area contributed by atoms with Gasteiger partial charge in [-0.05, 0) is 64.9 Å². The van der Waals surface area contributed by atoms with Gasteiger partial charge >= 0.3 is 6.18 Å². The average molecular weight is 390 g/mol. The lowest BCUT2D eigenvalue weighted by molar-refractivity contribution is -0.0922. The normalized spacial score (nSPS) is 16.2. The van der Waals surface area contributed by atoms with Crippen LogP contribution in [0.2, 0.25) is 0 Å². The summed E-state index contributed by atoms with van der Waals surface area (Å²) in [5.74, 6) is -1.94. The SMILES string of the molecule is CC1=C(C(F)(F)F)Cc2c(C(N)=O)c(F)cc(-c3cccc4c3CCNC4)c21. The van der Waals surface area contributed by atoms with E-state index in [0.29, 0.717) is 24.1 Å². The van der Waals surface area contributed by atoms with E-state index in [2.05, 4.69) is 5.32 Å². The molecule has 3 N–H and O–H groups in total. The van der Waals surface area contributed by atoms with E-state index in [4.69, 9.17) is 5.73 Å². The first-order valence-corrected chi connectivity index (χ1v) is 8.94. The van der Waals surface area contributed by atoms with Crippen LogP contribution >= 0.6 is 0 Å². The van der Waals surface area contributed by atoms with E-state index < -0.39 is 35.5 Å². The Kier molecular flexibility index (Phi) is 4.30. The van der Waals surface area contributed by atoms with Gasteiger partial charge in [0.2, 0.25) is 0 Å². The first-order chi connectivity index (χ1) is 13.2.